The van der Waals surface area contributed by atoms with Crippen LogP contribution in [0.3, 0.4) is 0 Å². The fraction of sp³-hybridized carbons (Fsp3) is 0.286. The molecule has 1 aromatic heterocycles. The molecule has 0 saturated carbocycles. The van der Waals surface area contributed by atoms with Crippen LogP contribution in [0.2, 0.25) is 0 Å². The highest BCUT2D eigenvalue weighted by Crippen LogP contribution is 2.06. The van der Waals surface area contributed by atoms with Crippen molar-refractivity contribution in [3.63, 3.8) is 0 Å². The second-order valence-corrected chi connectivity index (χ2v) is 4.69. The minimum atomic E-state index is -0.936. The summed E-state index contributed by atoms with van der Waals surface area (Å²) in [4.78, 5) is 25.9. The molecule has 0 unspecified atom stereocenters. The third-order valence-corrected chi connectivity index (χ3v) is 2.84. The molecule has 0 radical (unpaired) electrons. The number of aromatic nitrogens is 3. The van der Waals surface area contributed by atoms with Crippen molar-refractivity contribution in [1.82, 2.24) is 14.8 Å². The predicted molar refractivity (Wildman–Crippen MR) is 75.6 cm³/mol. The number of halogens is 1. The number of nitrogens with zero attached hydrogens (tertiary/aromatic N) is 3. The average molecular weight is 306 g/mol. The molecule has 0 atom stereocenters. The Kier molecular flexibility index (Phi) is 5.18. The highest BCUT2D eigenvalue weighted by atomic mass is 19.1. The topological polar surface area (TPSA) is 97.1 Å². The number of carbonyl (C=O) groups is 2. The van der Waals surface area contributed by atoms with Crippen LogP contribution in [-0.2, 0) is 16.1 Å². The van der Waals surface area contributed by atoms with Gasteiger partial charge in [0, 0.05) is 12.8 Å². The van der Waals surface area contributed by atoms with Gasteiger partial charge in [-0.25, -0.2) is 14.1 Å². The van der Waals surface area contributed by atoms with Crippen LogP contribution in [0.15, 0.2) is 30.6 Å². The van der Waals surface area contributed by atoms with Gasteiger partial charge in [0.05, 0.1) is 6.54 Å². The lowest BCUT2D eigenvalue weighted by molar-refractivity contribution is -0.137. The Labute approximate surface area is 125 Å². The molecule has 8 heteroatoms. The number of hydrogen-bond donors (Lipinski definition) is 2. The smallest absolute Gasteiger partial charge is 0.303 e. The van der Waals surface area contributed by atoms with E-state index in [1.165, 1.54) is 23.1 Å². The van der Waals surface area contributed by atoms with E-state index in [9.17, 15) is 14.0 Å². The molecule has 7 nitrogen and oxygen atoms in total. The maximum Gasteiger partial charge on any atom is 0.303 e. The first-order valence-corrected chi connectivity index (χ1v) is 6.68. The zero-order chi connectivity index (χ0) is 15.9. The van der Waals surface area contributed by atoms with Crippen LogP contribution < -0.4 is 5.32 Å². The summed E-state index contributed by atoms with van der Waals surface area (Å²) >= 11 is 0. The summed E-state index contributed by atoms with van der Waals surface area (Å²) in [5.74, 6) is -1.42. The number of carboxylic acids is 1. The summed E-state index contributed by atoms with van der Waals surface area (Å²) in [5, 5.41) is 15.1. The van der Waals surface area contributed by atoms with Crippen molar-refractivity contribution in [3.8, 4) is 0 Å². The van der Waals surface area contributed by atoms with Crippen LogP contribution in [0.1, 0.15) is 24.8 Å². The fourth-order valence-electron chi connectivity index (χ4n) is 1.79. The standard InChI is InChI=1S/C14H15FN4O3/c15-11-6-4-10(5-7-11)8-19-9-16-14(18-19)17-12(20)2-1-3-13(21)22/h4-7,9H,1-3,8H2,(H,21,22)(H,17,18,20). The first kappa shape index (κ1) is 15.6. The minimum Gasteiger partial charge on any atom is -0.481 e. The molecule has 0 bridgehead atoms. The zero-order valence-electron chi connectivity index (χ0n) is 11.7. The highest BCUT2D eigenvalue weighted by Gasteiger charge is 2.08. The van der Waals surface area contributed by atoms with Gasteiger partial charge in [-0.2, -0.15) is 0 Å². The third-order valence-electron chi connectivity index (χ3n) is 2.84. The van der Waals surface area contributed by atoms with E-state index in [1.807, 2.05) is 0 Å². The normalized spacial score (nSPS) is 10.4. The number of carbonyl (C=O) groups excluding carboxylic acids is 1. The monoisotopic (exact) mass is 306 g/mol. The Hall–Kier alpha value is -2.77. The molecule has 22 heavy (non-hydrogen) atoms. The van der Waals surface area contributed by atoms with Crippen LogP contribution in [0, 0.1) is 5.82 Å². The Morgan fingerprint density at radius 2 is 1.95 bits per heavy atom. The lowest BCUT2D eigenvalue weighted by atomic mass is 10.2. The summed E-state index contributed by atoms with van der Waals surface area (Å²) in [6.45, 7) is 0.405. The lowest BCUT2D eigenvalue weighted by Crippen LogP contribution is -2.13. The fourth-order valence-corrected chi connectivity index (χ4v) is 1.79. The maximum atomic E-state index is 12.8. The van der Waals surface area contributed by atoms with Crippen LogP contribution >= 0.6 is 0 Å². The SMILES string of the molecule is O=C(O)CCCC(=O)Nc1ncn(Cc2ccc(F)cc2)n1. The van der Waals surface area contributed by atoms with E-state index in [0.717, 1.165) is 5.56 Å². The van der Waals surface area contributed by atoms with Gasteiger partial charge in [-0.05, 0) is 24.1 Å². The van der Waals surface area contributed by atoms with Gasteiger partial charge in [-0.3, -0.25) is 14.9 Å². The molecule has 1 amide bonds. The van der Waals surface area contributed by atoms with Crippen LogP contribution in [-0.4, -0.2) is 31.7 Å². The molecule has 2 rings (SSSR count). The van der Waals surface area contributed by atoms with Gasteiger partial charge in [0.2, 0.25) is 11.9 Å². The van der Waals surface area contributed by atoms with Gasteiger partial charge in [-0.15, -0.1) is 5.10 Å². The number of benzene rings is 1. The van der Waals surface area contributed by atoms with Crippen LogP contribution in [0.4, 0.5) is 10.3 Å². The Balaban J connectivity index is 1.84. The average Bonchev–Trinajstić information content (AvgIpc) is 2.88. The van der Waals surface area contributed by atoms with E-state index in [-0.39, 0.29) is 36.9 Å². The van der Waals surface area contributed by atoms with Gasteiger partial charge in [-0.1, -0.05) is 12.1 Å². The number of hydrogen-bond acceptors (Lipinski definition) is 4. The Morgan fingerprint density at radius 3 is 2.64 bits per heavy atom. The zero-order valence-corrected chi connectivity index (χ0v) is 11.7. The summed E-state index contributed by atoms with van der Waals surface area (Å²) < 4.78 is 14.3. The number of aliphatic carboxylic acids is 1. The molecule has 2 N–H and O–H groups in total. The minimum absolute atomic E-state index is 0.0557. The summed E-state index contributed by atoms with van der Waals surface area (Å²) in [5.41, 5.74) is 0.852. The van der Waals surface area contributed by atoms with Gasteiger partial charge < -0.3 is 5.11 Å². The van der Waals surface area contributed by atoms with E-state index < -0.39 is 5.97 Å². The van der Waals surface area contributed by atoms with Crippen molar-refractivity contribution < 1.29 is 19.1 Å². The molecule has 2 aromatic rings. The number of anilines is 1. The van der Waals surface area contributed by atoms with Gasteiger partial charge in [0.15, 0.2) is 0 Å². The van der Waals surface area contributed by atoms with Gasteiger partial charge in [0.25, 0.3) is 0 Å². The maximum absolute atomic E-state index is 12.8. The van der Waals surface area contributed by atoms with Crippen molar-refractivity contribution in [1.29, 1.82) is 0 Å². The van der Waals surface area contributed by atoms with E-state index in [4.69, 9.17) is 5.11 Å². The number of rotatable bonds is 7. The Bertz CT molecular complexity index is 654. The molecular formula is C14H15FN4O3. The molecule has 1 heterocycles. The molecule has 1 aromatic carbocycles. The van der Waals surface area contributed by atoms with Crippen LogP contribution in [0.5, 0.6) is 0 Å². The highest BCUT2D eigenvalue weighted by molar-refractivity contribution is 5.89. The lowest BCUT2D eigenvalue weighted by Gasteiger charge is -2.01. The second-order valence-electron chi connectivity index (χ2n) is 4.69. The summed E-state index contributed by atoms with van der Waals surface area (Å²) in [7, 11) is 0. The van der Waals surface area contributed by atoms with E-state index in [2.05, 4.69) is 15.4 Å². The first-order valence-electron chi connectivity index (χ1n) is 6.68. The van der Waals surface area contributed by atoms with Crippen molar-refractivity contribution in [3.05, 3.63) is 42.0 Å². The van der Waals surface area contributed by atoms with Crippen molar-refractivity contribution in [2.45, 2.75) is 25.8 Å². The second kappa shape index (κ2) is 7.30. The Morgan fingerprint density at radius 1 is 1.23 bits per heavy atom. The van der Waals surface area contributed by atoms with Crippen molar-refractivity contribution in [2.24, 2.45) is 0 Å². The third kappa shape index (κ3) is 4.97. The number of nitrogens with one attached hydrogen (secondary N) is 1. The predicted octanol–water partition coefficient (Wildman–Crippen LogP) is 1.66. The quantitative estimate of drug-likeness (QED) is 0.811. The van der Waals surface area contributed by atoms with Crippen LogP contribution in [0.25, 0.3) is 0 Å². The number of carboxylic acid groups (broad SMARTS) is 1. The first-order chi connectivity index (χ1) is 10.5. The number of amides is 1. The summed E-state index contributed by atoms with van der Waals surface area (Å²) in [6.07, 6.45) is 1.76. The molecule has 0 aliphatic carbocycles. The molecule has 0 fully saturated rings. The summed E-state index contributed by atoms with van der Waals surface area (Å²) in [6, 6.07) is 6.00. The van der Waals surface area contributed by atoms with E-state index in [1.54, 1.807) is 12.1 Å². The molecular weight excluding hydrogens is 291 g/mol. The molecule has 0 saturated heterocycles. The molecule has 0 aliphatic rings. The van der Waals surface area contributed by atoms with Crippen molar-refractivity contribution in [2.75, 3.05) is 5.32 Å². The van der Waals surface area contributed by atoms with E-state index in [0.29, 0.717) is 6.54 Å². The molecule has 0 aliphatic heterocycles. The molecule has 0 spiro atoms. The van der Waals surface area contributed by atoms with E-state index >= 15 is 0 Å². The van der Waals surface area contributed by atoms with Crippen molar-refractivity contribution >= 4 is 17.8 Å². The molecule has 116 valence electrons. The largest absolute Gasteiger partial charge is 0.481 e. The van der Waals surface area contributed by atoms with Gasteiger partial charge in [0.1, 0.15) is 12.1 Å². The van der Waals surface area contributed by atoms with Gasteiger partial charge >= 0.3 is 5.97 Å².